The molecule has 0 aliphatic heterocycles. The summed E-state index contributed by atoms with van der Waals surface area (Å²) < 4.78 is 0.984. The maximum absolute atomic E-state index is 11.8. The fraction of sp³-hybridized carbons (Fsp3) is 0.100. The first-order valence-electron chi connectivity index (χ1n) is 4.71. The van der Waals surface area contributed by atoms with Crippen LogP contribution in [0.5, 0.6) is 0 Å². The molecule has 2 N–H and O–H groups in total. The number of rotatable bonds is 2. The lowest BCUT2D eigenvalue weighted by Crippen LogP contribution is -2.14. The largest absolute Gasteiger partial charge is 0.305 e. The molecule has 0 aliphatic carbocycles. The molecule has 5 nitrogen and oxygen atoms in total. The minimum absolute atomic E-state index is 0.171. The van der Waals surface area contributed by atoms with Crippen molar-refractivity contribution in [3.8, 4) is 0 Å². The normalized spacial score (nSPS) is 10.3. The number of aryl methyl sites for hydroxylation is 1. The minimum atomic E-state index is -0.381. The molecule has 0 radical (unpaired) electrons. The third-order valence-electron chi connectivity index (χ3n) is 2.05. The number of pyridine rings is 1. The number of halogens is 2. The predicted molar refractivity (Wildman–Crippen MR) is 73.2 cm³/mol. The van der Waals surface area contributed by atoms with E-state index in [0.29, 0.717) is 16.5 Å². The molecule has 0 spiro atoms. The van der Waals surface area contributed by atoms with Gasteiger partial charge in [0.05, 0.1) is 10.7 Å². The highest BCUT2D eigenvalue weighted by Gasteiger charge is 2.16. The molecule has 0 bridgehead atoms. The highest BCUT2D eigenvalue weighted by atomic mass is 127. The molecular weight excluding hydrogens is 354 g/mol. The van der Waals surface area contributed by atoms with E-state index in [9.17, 15) is 4.79 Å². The van der Waals surface area contributed by atoms with Gasteiger partial charge in [-0.2, -0.15) is 5.10 Å². The van der Waals surface area contributed by atoms with E-state index in [1.165, 1.54) is 0 Å². The first-order chi connectivity index (χ1) is 8.08. The number of amides is 1. The van der Waals surface area contributed by atoms with E-state index in [1.54, 1.807) is 19.2 Å². The van der Waals surface area contributed by atoms with Crippen LogP contribution >= 0.6 is 34.2 Å². The van der Waals surface area contributed by atoms with Crippen LogP contribution < -0.4 is 5.32 Å². The van der Waals surface area contributed by atoms with Crippen LogP contribution in [0.1, 0.15) is 16.2 Å². The fourth-order valence-corrected chi connectivity index (χ4v) is 1.84. The summed E-state index contributed by atoms with van der Waals surface area (Å²) in [6.45, 7) is 1.75. The van der Waals surface area contributed by atoms with Crippen LogP contribution in [-0.2, 0) is 0 Å². The second kappa shape index (κ2) is 5.01. The zero-order valence-corrected chi connectivity index (χ0v) is 11.7. The number of aromatic nitrogens is 3. The van der Waals surface area contributed by atoms with Gasteiger partial charge >= 0.3 is 0 Å². The molecule has 17 heavy (non-hydrogen) atoms. The van der Waals surface area contributed by atoms with Gasteiger partial charge in [0.15, 0.2) is 5.69 Å². The first-order valence-corrected chi connectivity index (χ1v) is 6.17. The Bertz CT molecular complexity index is 569. The number of hydrogen-bond donors (Lipinski definition) is 2. The summed E-state index contributed by atoms with van der Waals surface area (Å²) in [5, 5.41) is 9.44. The molecule has 2 heterocycles. The Hall–Kier alpha value is -1.15. The van der Waals surface area contributed by atoms with Gasteiger partial charge in [0.2, 0.25) is 0 Å². The minimum Gasteiger partial charge on any atom is -0.305 e. The third-order valence-corrected chi connectivity index (χ3v) is 3.18. The van der Waals surface area contributed by atoms with Gasteiger partial charge < -0.3 is 5.32 Å². The molecule has 0 aliphatic rings. The van der Waals surface area contributed by atoms with Crippen LogP contribution in [0, 0.1) is 10.5 Å². The van der Waals surface area contributed by atoms with Gasteiger partial charge in [-0.05, 0) is 41.6 Å². The lowest BCUT2D eigenvalue weighted by molar-refractivity contribution is 0.102. The van der Waals surface area contributed by atoms with E-state index in [2.05, 4.69) is 43.1 Å². The van der Waals surface area contributed by atoms with E-state index in [1.807, 2.05) is 6.07 Å². The van der Waals surface area contributed by atoms with Crippen molar-refractivity contribution in [3.05, 3.63) is 38.3 Å². The van der Waals surface area contributed by atoms with E-state index in [-0.39, 0.29) is 11.6 Å². The van der Waals surface area contributed by atoms with Gasteiger partial charge in [-0.15, -0.1) is 0 Å². The summed E-state index contributed by atoms with van der Waals surface area (Å²) in [5.41, 5.74) is 0.831. The monoisotopic (exact) mass is 362 g/mol. The molecule has 88 valence electrons. The molecule has 0 fully saturated rings. The maximum atomic E-state index is 11.8. The van der Waals surface area contributed by atoms with Crippen molar-refractivity contribution < 1.29 is 4.79 Å². The number of H-pyrrole nitrogens is 1. The summed E-state index contributed by atoms with van der Waals surface area (Å²) in [6.07, 6.45) is 1.62. The van der Waals surface area contributed by atoms with Gasteiger partial charge in [0.1, 0.15) is 5.82 Å². The highest BCUT2D eigenvalue weighted by Crippen LogP contribution is 2.18. The number of nitrogens with zero attached hydrogens (tertiary/aromatic N) is 2. The lowest BCUT2D eigenvalue weighted by Gasteiger charge is -2.02. The summed E-state index contributed by atoms with van der Waals surface area (Å²) >= 11 is 8.06. The molecule has 0 saturated carbocycles. The lowest BCUT2D eigenvalue weighted by atomic mass is 10.3. The Morgan fingerprint density at radius 3 is 2.94 bits per heavy atom. The number of anilines is 1. The van der Waals surface area contributed by atoms with E-state index >= 15 is 0 Å². The van der Waals surface area contributed by atoms with Crippen molar-refractivity contribution in [1.29, 1.82) is 0 Å². The van der Waals surface area contributed by atoms with Crippen molar-refractivity contribution >= 4 is 45.9 Å². The second-order valence-corrected chi connectivity index (χ2v) is 4.95. The van der Waals surface area contributed by atoms with Gasteiger partial charge in [-0.1, -0.05) is 11.6 Å². The molecule has 0 unspecified atom stereocenters. The van der Waals surface area contributed by atoms with Crippen LogP contribution in [-0.4, -0.2) is 21.1 Å². The molecule has 0 atom stereocenters. The number of nitrogens with one attached hydrogen (secondary N) is 2. The van der Waals surface area contributed by atoms with Crippen LogP contribution in [0.2, 0.25) is 5.02 Å². The van der Waals surface area contributed by atoms with Gasteiger partial charge in [0, 0.05) is 9.77 Å². The zero-order chi connectivity index (χ0) is 12.4. The Morgan fingerprint density at radius 1 is 1.59 bits per heavy atom. The highest BCUT2D eigenvalue weighted by molar-refractivity contribution is 14.1. The number of carbonyl (C=O) groups is 1. The number of carbonyl (C=O) groups excluding carboxylic acids is 1. The molecule has 0 aromatic carbocycles. The van der Waals surface area contributed by atoms with Gasteiger partial charge in [-0.3, -0.25) is 9.89 Å². The number of hydrogen-bond acceptors (Lipinski definition) is 3. The van der Waals surface area contributed by atoms with Gasteiger partial charge in [0.25, 0.3) is 5.91 Å². The van der Waals surface area contributed by atoms with Crippen molar-refractivity contribution in [2.75, 3.05) is 5.32 Å². The van der Waals surface area contributed by atoms with Gasteiger partial charge in [-0.25, -0.2) is 4.98 Å². The van der Waals surface area contributed by atoms with Crippen molar-refractivity contribution in [2.24, 2.45) is 0 Å². The predicted octanol–water partition coefficient (Wildman–Crippen LogP) is 2.62. The Kier molecular flexibility index (Phi) is 3.63. The van der Waals surface area contributed by atoms with E-state index in [0.717, 1.165) is 3.57 Å². The topological polar surface area (TPSA) is 70.7 Å². The Morgan fingerprint density at radius 2 is 2.35 bits per heavy atom. The molecule has 7 heteroatoms. The average molecular weight is 363 g/mol. The van der Waals surface area contributed by atoms with E-state index < -0.39 is 0 Å². The molecule has 1 amide bonds. The average Bonchev–Trinajstić information content (AvgIpc) is 2.60. The fourth-order valence-electron chi connectivity index (χ4n) is 1.21. The molecule has 2 aromatic heterocycles. The maximum Gasteiger partial charge on any atom is 0.278 e. The second-order valence-electron chi connectivity index (χ2n) is 3.32. The smallest absolute Gasteiger partial charge is 0.278 e. The summed E-state index contributed by atoms with van der Waals surface area (Å²) in [6, 6.07) is 3.59. The van der Waals surface area contributed by atoms with Crippen molar-refractivity contribution in [1.82, 2.24) is 15.2 Å². The van der Waals surface area contributed by atoms with Crippen molar-refractivity contribution in [2.45, 2.75) is 6.92 Å². The molecular formula is C10H8ClIN4O. The zero-order valence-electron chi connectivity index (χ0n) is 8.79. The van der Waals surface area contributed by atoms with Crippen LogP contribution in [0.3, 0.4) is 0 Å². The molecule has 0 saturated heterocycles. The first kappa shape index (κ1) is 12.3. The van der Waals surface area contributed by atoms with Crippen LogP contribution in [0.15, 0.2) is 18.3 Å². The molecule has 2 aromatic rings. The summed E-state index contributed by atoms with van der Waals surface area (Å²) in [4.78, 5) is 15.9. The third kappa shape index (κ3) is 2.75. The Labute approximate surface area is 116 Å². The Balaban J connectivity index is 2.20. The van der Waals surface area contributed by atoms with Crippen molar-refractivity contribution in [3.63, 3.8) is 0 Å². The summed E-state index contributed by atoms with van der Waals surface area (Å²) in [7, 11) is 0. The SMILES string of the molecule is Cc1[nH]nc(C(=O)Nc2cc(I)ccn2)c1Cl. The van der Waals surface area contributed by atoms with Crippen LogP contribution in [0.25, 0.3) is 0 Å². The number of aromatic amines is 1. The standard InChI is InChI=1S/C10H8ClIN4O/c1-5-8(11)9(16-15-5)10(17)14-7-4-6(12)2-3-13-7/h2-4H,1H3,(H,15,16)(H,13,14,17). The molecule has 2 rings (SSSR count). The van der Waals surface area contributed by atoms with Crippen LogP contribution in [0.4, 0.5) is 5.82 Å². The summed E-state index contributed by atoms with van der Waals surface area (Å²) in [5.74, 6) is 0.0902. The van der Waals surface area contributed by atoms with E-state index in [4.69, 9.17) is 11.6 Å². The quantitative estimate of drug-likeness (QED) is 0.807.